The van der Waals surface area contributed by atoms with E-state index in [4.69, 9.17) is 0 Å². The van der Waals surface area contributed by atoms with Gasteiger partial charge in [-0.15, -0.1) is 0 Å². The summed E-state index contributed by atoms with van der Waals surface area (Å²) in [5.41, 5.74) is 0.644. The fourth-order valence-corrected chi connectivity index (χ4v) is 1.45. The topological polar surface area (TPSA) is 55.4 Å². The summed E-state index contributed by atoms with van der Waals surface area (Å²) in [6, 6.07) is 7.20. The third-order valence-corrected chi connectivity index (χ3v) is 2.48. The number of rotatable bonds is 4. The van der Waals surface area contributed by atoms with Gasteiger partial charge in [0.15, 0.2) is 0 Å². The lowest BCUT2D eigenvalue weighted by molar-refractivity contribution is -0.137. The van der Waals surface area contributed by atoms with Gasteiger partial charge in [-0.1, -0.05) is 12.1 Å². The van der Waals surface area contributed by atoms with Crippen molar-refractivity contribution in [3.05, 3.63) is 40.9 Å². The van der Waals surface area contributed by atoms with Gasteiger partial charge >= 0.3 is 5.97 Å². The Morgan fingerprint density at radius 3 is 2.71 bits per heavy atom. The highest BCUT2D eigenvalue weighted by molar-refractivity contribution is 9.10. The molecule has 0 aliphatic carbocycles. The van der Waals surface area contributed by atoms with Crippen molar-refractivity contribution in [3.63, 3.8) is 0 Å². The summed E-state index contributed by atoms with van der Waals surface area (Å²) in [6.07, 6.45) is 2.23. The summed E-state index contributed by atoms with van der Waals surface area (Å²) in [4.78, 5) is 22.4. The number of para-hydroxylation sites is 1. The first-order valence-electron chi connectivity index (χ1n) is 5.04. The van der Waals surface area contributed by atoms with E-state index >= 15 is 0 Å². The maximum absolute atomic E-state index is 11.4. The summed E-state index contributed by atoms with van der Waals surface area (Å²) < 4.78 is 5.43. The number of amides is 1. The molecular formula is C12H12BrNO3. The first kappa shape index (κ1) is 13.4. The van der Waals surface area contributed by atoms with Crippen molar-refractivity contribution in [2.75, 3.05) is 11.9 Å². The average Bonchev–Trinajstić information content (AvgIpc) is 2.30. The molecular weight excluding hydrogens is 286 g/mol. The molecule has 0 heterocycles. The molecule has 1 aromatic carbocycles. The van der Waals surface area contributed by atoms with Crippen LogP contribution in [0.25, 0.3) is 0 Å². The van der Waals surface area contributed by atoms with E-state index in [2.05, 4.69) is 26.0 Å². The molecule has 17 heavy (non-hydrogen) atoms. The van der Waals surface area contributed by atoms with Crippen molar-refractivity contribution < 1.29 is 14.3 Å². The maximum atomic E-state index is 11.4. The number of hydrogen-bond donors (Lipinski definition) is 1. The van der Waals surface area contributed by atoms with Crippen LogP contribution in [0.4, 0.5) is 5.69 Å². The normalized spacial score (nSPS) is 10.2. The van der Waals surface area contributed by atoms with E-state index < -0.39 is 5.97 Å². The van der Waals surface area contributed by atoms with Gasteiger partial charge in [0.25, 0.3) is 0 Å². The number of ether oxygens (including phenoxy) is 1. The lowest BCUT2D eigenvalue weighted by atomic mass is 10.3. The average molecular weight is 298 g/mol. The van der Waals surface area contributed by atoms with Gasteiger partial charge in [-0.3, -0.25) is 4.79 Å². The van der Waals surface area contributed by atoms with Gasteiger partial charge in [-0.05, 0) is 35.0 Å². The van der Waals surface area contributed by atoms with E-state index in [-0.39, 0.29) is 12.5 Å². The first-order chi connectivity index (χ1) is 8.13. The number of hydrogen-bond acceptors (Lipinski definition) is 3. The second kappa shape index (κ2) is 6.85. The predicted molar refractivity (Wildman–Crippen MR) is 68.5 cm³/mol. The number of benzene rings is 1. The Balaban J connectivity index is 2.56. The summed E-state index contributed by atoms with van der Waals surface area (Å²) in [5.74, 6) is -0.917. The molecule has 0 aromatic heterocycles. The van der Waals surface area contributed by atoms with Crippen LogP contribution in [0.5, 0.6) is 0 Å². The summed E-state index contributed by atoms with van der Waals surface area (Å²) in [5, 5.41) is 2.63. The third-order valence-electron chi connectivity index (χ3n) is 1.79. The Morgan fingerprint density at radius 1 is 1.35 bits per heavy atom. The van der Waals surface area contributed by atoms with Crippen molar-refractivity contribution in [1.29, 1.82) is 0 Å². The standard InChI is InChI=1S/C12H12BrNO3/c1-2-17-12(16)8-7-11(15)14-10-6-4-3-5-9(10)13/h3-8H,2H2,1H3,(H,14,15). The minimum Gasteiger partial charge on any atom is -0.463 e. The molecule has 1 aromatic rings. The van der Waals surface area contributed by atoms with Crippen LogP contribution in [0, 0.1) is 0 Å². The van der Waals surface area contributed by atoms with Crippen LogP contribution >= 0.6 is 15.9 Å². The summed E-state index contributed by atoms with van der Waals surface area (Å²) in [7, 11) is 0. The van der Waals surface area contributed by atoms with Crippen molar-refractivity contribution in [2.45, 2.75) is 6.92 Å². The molecule has 0 radical (unpaired) electrons. The van der Waals surface area contributed by atoms with Gasteiger partial charge < -0.3 is 10.1 Å². The smallest absolute Gasteiger partial charge is 0.330 e. The largest absolute Gasteiger partial charge is 0.463 e. The Hall–Kier alpha value is -1.62. The molecule has 1 rings (SSSR count). The zero-order valence-corrected chi connectivity index (χ0v) is 10.9. The number of carbonyl (C=O) groups excluding carboxylic acids is 2. The Labute approximate surface area is 108 Å². The molecule has 0 spiro atoms. The fourth-order valence-electron chi connectivity index (χ4n) is 1.07. The molecule has 90 valence electrons. The van der Waals surface area contributed by atoms with E-state index in [1.807, 2.05) is 12.1 Å². The Kier molecular flexibility index (Phi) is 5.42. The van der Waals surface area contributed by atoms with Crippen LogP contribution < -0.4 is 5.32 Å². The van der Waals surface area contributed by atoms with E-state index in [1.54, 1.807) is 19.1 Å². The lowest BCUT2D eigenvalue weighted by Crippen LogP contribution is -2.09. The SMILES string of the molecule is CCOC(=O)C=CC(=O)Nc1ccccc1Br. The molecule has 4 nitrogen and oxygen atoms in total. The molecule has 1 N–H and O–H groups in total. The summed E-state index contributed by atoms with van der Waals surface area (Å²) in [6.45, 7) is 1.99. The number of nitrogens with one attached hydrogen (secondary N) is 1. The lowest BCUT2D eigenvalue weighted by Gasteiger charge is -2.03. The quantitative estimate of drug-likeness (QED) is 0.686. The van der Waals surface area contributed by atoms with Gasteiger partial charge in [-0.25, -0.2) is 4.79 Å². The van der Waals surface area contributed by atoms with Gasteiger partial charge in [-0.2, -0.15) is 0 Å². The molecule has 0 fully saturated rings. The number of halogens is 1. The third kappa shape index (κ3) is 4.82. The zero-order valence-electron chi connectivity index (χ0n) is 9.27. The minimum atomic E-state index is -0.533. The second-order valence-corrected chi connectivity index (χ2v) is 3.91. The monoisotopic (exact) mass is 297 g/mol. The molecule has 0 aliphatic heterocycles. The molecule has 5 heteroatoms. The minimum absolute atomic E-state index is 0.287. The van der Waals surface area contributed by atoms with Crippen LogP contribution in [0.15, 0.2) is 40.9 Å². The second-order valence-electron chi connectivity index (χ2n) is 3.05. The highest BCUT2D eigenvalue weighted by Gasteiger charge is 2.02. The number of carbonyl (C=O) groups is 2. The Bertz CT molecular complexity index is 443. The van der Waals surface area contributed by atoms with Crippen LogP contribution in [0.3, 0.4) is 0 Å². The molecule has 0 atom stereocenters. The number of esters is 1. The van der Waals surface area contributed by atoms with Gasteiger partial charge in [0.1, 0.15) is 0 Å². The first-order valence-corrected chi connectivity index (χ1v) is 5.83. The molecule has 0 aliphatic rings. The van der Waals surface area contributed by atoms with Crippen LogP contribution in [0.1, 0.15) is 6.92 Å². The molecule has 0 bridgehead atoms. The molecule has 0 unspecified atom stereocenters. The van der Waals surface area contributed by atoms with Gasteiger partial charge in [0.2, 0.25) is 5.91 Å². The van der Waals surface area contributed by atoms with Gasteiger partial charge in [0, 0.05) is 16.6 Å². The van der Waals surface area contributed by atoms with E-state index in [0.717, 1.165) is 16.6 Å². The van der Waals surface area contributed by atoms with Crippen LogP contribution in [-0.2, 0) is 14.3 Å². The van der Waals surface area contributed by atoms with Crippen molar-refractivity contribution in [2.24, 2.45) is 0 Å². The van der Waals surface area contributed by atoms with E-state index in [1.165, 1.54) is 0 Å². The van der Waals surface area contributed by atoms with E-state index in [0.29, 0.717) is 5.69 Å². The molecule has 1 amide bonds. The summed E-state index contributed by atoms with van der Waals surface area (Å²) >= 11 is 3.30. The highest BCUT2D eigenvalue weighted by atomic mass is 79.9. The van der Waals surface area contributed by atoms with E-state index in [9.17, 15) is 9.59 Å². The molecule has 0 saturated carbocycles. The van der Waals surface area contributed by atoms with Crippen molar-refractivity contribution >= 4 is 33.5 Å². The molecule has 0 saturated heterocycles. The highest BCUT2D eigenvalue weighted by Crippen LogP contribution is 2.20. The van der Waals surface area contributed by atoms with Crippen molar-refractivity contribution in [3.8, 4) is 0 Å². The predicted octanol–water partition coefficient (Wildman–Crippen LogP) is 2.51. The van der Waals surface area contributed by atoms with Crippen LogP contribution in [0.2, 0.25) is 0 Å². The Morgan fingerprint density at radius 2 is 2.06 bits per heavy atom. The zero-order chi connectivity index (χ0) is 12.7. The number of anilines is 1. The van der Waals surface area contributed by atoms with Crippen molar-refractivity contribution in [1.82, 2.24) is 0 Å². The maximum Gasteiger partial charge on any atom is 0.330 e. The fraction of sp³-hybridized carbons (Fsp3) is 0.167. The van der Waals surface area contributed by atoms with Gasteiger partial charge in [0.05, 0.1) is 12.3 Å². The van der Waals surface area contributed by atoms with Crippen LogP contribution in [-0.4, -0.2) is 18.5 Å².